The fourth-order valence-corrected chi connectivity index (χ4v) is 3.75. The van der Waals surface area contributed by atoms with Crippen LogP contribution in [0.2, 0.25) is 0 Å². The van der Waals surface area contributed by atoms with Crippen LogP contribution in [0.5, 0.6) is 5.75 Å². The molecule has 0 radical (unpaired) electrons. The molecule has 2 aromatic rings. The second-order valence-corrected chi connectivity index (χ2v) is 7.29. The maximum Gasteiger partial charge on any atom is 0.226 e. The van der Waals surface area contributed by atoms with Crippen molar-refractivity contribution in [3.8, 4) is 5.75 Å². The van der Waals surface area contributed by atoms with Gasteiger partial charge in [0, 0.05) is 32.3 Å². The zero-order valence-corrected chi connectivity index (χ0v) is 14.7. The number of para-hydroxylation sites is 1. The van der Waals surface area contributed by atoms with Gasteiger partial charge >= 0.3 is 0 Å². The summed E-state index contributed by atoms with van der Waals surface area (Å²) in [6.07, 6.45) is 6.96. The Balaban J connectivity index is 1.23. The van der Waals surface area contributed by atoms with E-state index in [2.05, 4.69) is 10.00 Å². The highest BCUT2D eigenvalue weighted by Crippen LogP contribution is 2.48. The summed E-state index contributed by atoms with van der Waals surface area (Å²) < 4.78 is 7.68. The number of piperidine rings is 1. The quantitative estimate of drug-likeness (QED) is 0.841. The van der Waals surface area contributed by atoms with Gasteiger partial charge in [-0.2, -0.15) is 5.10 Å². The second-order valence-electron chi connectivity index (χ2n) is 7.29. The van der Waals surface area contributed by atoms with Gasteiger partial charge < -0.3 is 9.64 Å². The highest BCUT2D eigenvalue weighted by Gasteiger charge is 2.46. The molecule has 2 aliphatic rings. The molecule has 132 valence electrons. The largest absolute Gasteiger partial charge is 0.493 e. The molecule has 1 aromatic heterocycles. The van der Waals surface area contributed by atoms with E-state index in [0.29, 0.717) is 17.7 Å². The number of nitrogens with zero attached hydrogens (tertiary/aromatic N) is 3. The molecule has 5 nitrogen and oxygen atoms in total. The molecule has 25 heavy (non-hydrogen) atoms. The highest BCUT2D eigenvalue weighted by molar-refractivity contribution is 5.83. The molecule has 5 heteroatoms. The molecule has 4 rings (SSSR count). The van der Waals surface area contributed by atoms with E-state index in [1.807, 2.05) is 54.5 Å². The van der Waals surface area contributed by atoms with Gasteiger partial charge in [-0.3, -0.25) is 9.48 Å². The molecule has 1 aromatic carbocycles. The Hall–Kier alpha value is -2.30. The van der Waals surface area contributed by atoms with Crippen molar-refractivity contribution in [1.29, 1.82) is 0 Å². The van der Waals surface area contributed by atoms with E-state index in [-0.39, 0.29) is 5.92 Å². The highest BCUT2D eigenvalue weighted by atomic mass is 16.5. The first kappa shape index (κ1) is 16.2. The number of carbonyl (C=O) groups is 1. The lowest BCUT2D eigenvalue weighted by atomic mass is 9.97. The minimum atomic E-state index is 0.168. The summed E-state index contributed by atoms with van der Waals surface area (Å²) in [5, 5.41) is 4.22. The molecule has 1 amide bonds. The van der Waals surface area contributed by atoms with Crippen LogP contribution in [-0.4, -0.2) is 40.3 Å². The molecular weight excluding hydrogens is 314 g/mol. The number of carbonyl (C=O) groups excluding carboxylic acids is 1. The van der Waals surface area contributed by atoms with Crippen LogP contribution in [-0.2, 0) is 11.8 Å². The van der Waals surface area contributed by atoms with E-state index in [1.165, 1.54) is 5.56 Å². The predicted octanol–water partition coefficient (Wildman–Crippen LogP) is 2.84. The van der Waals surface area contributed by atoms with Gasteiger partial charge in [-0.1, -0.05) is 18.2 Å². The van der Waals surface area contributed by atoms with E-state index in [0.717, 1.165) is 44.7 Å². The molecule has 1 saturated heterocycles. The number of likely N-dealkylation sites (tertiary alicyclic amines) is 1. The number of hydrogen-bond acceptors (Lipinski definition) is 3. The number of aryl methyl sites for hydroxylation is 1. The molecular formula is C20H25N3O2. The Kier molecular flexibility index (Phi) is 4.47. The maximum absolute atomic E-state index is 12.7. The fraction of sp³-hybridized carbons (Fsp3) is 0.500. The van der Waals surface area contributed by atoms with Crippen molar-refractivity contribution in [3.05, 3.63) is 48.3 Å². The van der Waals surface area contributed by atoms with Gasteiger partial charge in [0.25, 0.3) is 0 Å². The van der Waals surface area contributed by atoms with Crippen molar-refractivity contribution in [2.75, 3.05) is 19.7 Å². The van der Waals surface area contributed by atoms with Gasteiger partial charge in [0.2, 0.25) is 5.91 Å². The molecule has 0 N–H and O–H groups in total. The van der Waals surface area contributed by atoms with Crippen molar-refractivity contribution in [2.45, 2.75) is 25.2 Å². The zero-order chi connectivity index (χ0) is 17.2. The summed E-state index contributed by atoms with van der Waals surface area (Å²) in [5.41, 5.74) is 1.20. The van der Waals surface area contributed by atoms with Crippen LogP contribution in [0.3, 0.4) is 0 Å². The van der Waals surface area contributed by atoms with Gasteiger partial charge in [-0.05, 0) is 48.8 Å². The maximum atomic E-state index is 12.7. The Morgan fingerprint density at radius 2 is 2.00 bits per heavy atom. The summed E-state index contributed by atoms with van der Waals surface area (Å²) in [6.45, 7) is 2.46. The lowest BCUT2D eigenvalue weighted by Gasteiger charge is -2.32. The average molecular weight is 339 g/mol. The van der Waals surface area contributed by atoms with Gasteiger partial charge in [0.1, 0.15) is 5.75 Å². The van der Waals surface area contributed by atoms with Gasteiger partial charge in [-0.25, -0.2) is 0 Å². The first-order chi connectivity index (χ1) is 12.2. The van der Waals surface area contributed by atoms with Crippen LogP contribution in [0.15, 0.2) is 42.7 Å². The van der Waals surface area contributed by atoms with Crippen molar-refractivity contribution in [1.82, 2.24) is 14.7 Å². The van der Waals surface area contributed by atoms with Crippen molar-refractivity contribution in [3.63, 3.8) is 0 Å². The van der Waals surface area contributed by atoms with Crippen LogP contribution >= 0.6 is 0 Å². The minimum Gasteiger partial charge on any atom is -0.493 e. The summed E-state index contributed by atoms with van der Waals surface area (Å²) in [5.74, 6) is 2.34. The van der Waals surface area contributed by atoms with Crippen LogP contribution < -0.4 is 4.74 Å². The number of aromatic nitrogens is 2. The number of benzene rings is 1. The second kappa shape index (κ2) is 6.90. The lowest BCUT2D eigenvalue weighted by molar-refractivity contribution is -0.134. The van der Waals surface area contributed by atoms with Crippen LogP contribution in [0.4, 0.5) is 0 Å². The van der Waals surface area contributed by atoms with E-state index in [9.17, 15) is 4.79 Å². The lowest BCUT2D eigenvalue weighted by Crippen LogP contribution is -2.40. The topological polar surface area (TPSA) is 47.4 Å². The van der Waals surface area contributed by atoms with Crippen LogP contribution in [0.1, 0.15) is 30.7 Å². The van der Waals surface area contributed by atoms with E-state index in [1.54, 1.807) is 0 Å². The third-order valence-corrected chi connectivity index (χ3v) is 5.42. The monoisotopic (exact) mass is 339 g/mol. The Labute approximate surface area is 148 Å². The van der Waals surface area contributed by atoms with E-state index >= 15 is 0 Å². The van der Waals surface area contributed by atoms with Crippen molar-refractivity contribution < 1.29 is 9.53 Å². The molecule has 2 atom stereocenters. The fourth-order valence-electron chi connectivity index (χ4n) is 3.75. The van der Waals surface area contributed by atoms with Crippen LogP contribution in [0, 0.1) is 11.8 Å². The number of amides is 1. The SMILES string of the molecule is Cn1cc([C@@H]2C[C@H]2C(=O)N2CCC(COc3ccccc3)CC2)cn1. The standard InChI is InChI=1S/C20H25N3O2/c1-22-13-16(12-21-22)18-11-19(18)20(24)23-9-7-15(8-10-23)14-25-17-5-3-2-4-6-17/h2-6,12-13,15,18-19H,7-11,14H2,1H3/t18-,19+/m0/s1. The molecule has 1 aliphatic carbocycles. The predicted molar refractivity (Wildman–Crippen MR) is 95.3 cm³/mol. The zero-order valence-electron chi connectivity index (χ0n) is 14.7. The third-order valence-electron chi connectivity index (χ3n) is 5.42. The van der Waals surface area contributed by atoms with Crippen molar-refractivity contribution in [2.24, 2.45) is 18.9 Å². The van der Waals surface area contributed by atoms with E-state index in [4.69, 9.17) is 4.74 Å². The van der Waals surface area contributed by atoms with Crippen LogP contribution in [0.25, 0.3) is 0 Å². The first-order valence-electron chi connectivity index (χ1n) is 9.16. The molecule has 1 saturated carbocycles. The smallest absolute Gasteiger partial charge is 0.226 e. The number of rotatable bonds is 5. The normalized spacial score (nSPS) is 23.5. The molecule has 2 fully saturated rings. The number of hydrogen-bond donors (Lipinski definition) is 0. The number of ether oxygens (including phenoxy) is 1. The molecule has 0 spiro atoms. The Bertz CT molecular complexity index is 720. The third kappa shape index (κ3) is 3.70. The Morgan fingerprint density at radius 3 is 2.68 bits per heavy atom. The summed E-state index contributed by atoms with van der Waals surface area (Å²) in [6, 6.07) is 9.96. The van der Waals surface area contributed by atoms with Gasteiger partial charge in [0.05, 0.1) is 12.8 Å². The molecule has 2 heterocycles. The van der Waals surface area contributed by atoms with Crippen molar-refractivity contribution >= 4 is 5.91 Å². The van der Waals surface area contributed by atoms with Gasteiger partial charge in [0.15, 0.2) is 0 Å². The molecule has 0 unspecified atom stereocenters. The van der Waals surface area contributed by atoms with E-state index < -0.39 is 0 Å². The first-order valence-corrected chi connectivity index (χ1v) is 9.16. The molecule has 1 aliphatic heterocycles. The Morgan fingerprint density at radius 1 is 1.24 bits per heavy atom. The van der Waals surface area contributed by atoms with Gasteiger partial charge in [-0.15, -0.1) is 0 Å². The minimum absolute atomic E-state index is 0.168. The summed E-state index contributed by atoms with van der Waals surface area (Å²) in [4.78, 5) is 14.8. The summed E-state index contributed by atoms with van der Waals surface area (Å²) in [7, 11) is 1.92. The average Bonchev–Trinajstić information content (AvgIpc) is 3.34. The molecule has 0 bridgehead atoms. The summed E-state index contributed by atoms with van der Waals surface area (Å²) >= 11 is 0.